The van der Waals surface area contributed by atoms with Crippen LogP contribution < -0.4 is 10.5 Å². The first-order valence-electron chi connectivity index (χ1n) is 5.23. The van der Waals surface area contributed by atoms with Crippen molar-refractivity contribution < 1.29 is 8.42 Å². The molecule has 3 N–H and O–H groups in total. The lowest BCUT2D eigenvalue weighted by Crippen LogP contribution is -2.17. The van der Waals surface area contributed by atoms with Gasteiger partial charge in [-0.05, 0) is 18.6 Å². The normalized spacial score (nSPS) is 11.5. The maximum atomic E-state index is 12.2. The van der Waals surface area contributed by atoms with Crippen LogP contribution in [0.1, 0.15) is 5.56 Å². The van der Waals surface area contributed by atoms with Crippen LogP contribution in [0.15, 0.2) is 23.6 Å². The van der Waals surface area contributed by atoms with E-state index in [-0.39, 0.29) is 10.8 Å². The van der Waals surface area contributed by atoms with E-state index >= 15 is 0 Å². The molecule has 0 saturated carbocycles. The summed E-state index contributed by atoms with van der Waals surface area (Å²) in [6, 6.07) is 1.58. The van der Waals surface area contributed by atoms with E-state index in [1.807, 2.05) is 0 Å². The van der Waals surface area contributed by atoms with Gasteiger partial charge in [0.25, 0.3) is 10.0 Å². The number of anilines is 2. The van der Waals surface area contributed by atoms with E-state index in [0.29, 0.717) is 16.4 Å². The zero-order chi connectivity index (χ0) is 14.2. The zero-order valence-electron chi connectivity index (χ0n) is 10.3. The summed E-state index contributed by atoms with van der Waals surface area (Å²) in [5, 5.41) is 0.225. The molecule has 0 saturated heterocycles. The van der Waals surface area contributed by atoms with Crippen LogP contribution >= 0.6 is 11.6 Å². The quantitative estimate of drug-likeness (QED) is 0.828. The van der Waals surface area contributed by atoms with Crippen LogP contribution in [0.25, 0.3) is 0 Å². The van der Waals surface area contributed by atoms with Gasteiger partial charge in [0.2, 0.25) is 0 Å². The predicted molar refractivity (Wildman–Crippen MR) is 72.4 cm³/mol. The fourth-order valence-electron chi connectivity index (χ4n) is 1.58. The second-order valence-electron chi connectivity index (χ2n) is 3.98. The summed E-state index contributed by atoms with van der Waals surface area (Å²) in [4.78, 5) is 7.61. The van der Waals surface area contributed by atoms with Gasteiger partial charge in [-0.3, -0.25) is 4.72 Å². The van der Waals surface area contributed by atoms with Crippen molar-refractivity contribution >= 4 is 33.1 Å². The largest absolute Gasteiger partial charge is 0.381 e. The van der Waals surface area contributed by atoms with Crippen molar-refractivity contribution in [3.8, 4) is 0 Å². The number of nitrogens with two attached hydrogens (primary N) is 1. The number of nitrogens with zero attached hydrogens (tertiary/aromatic N) is 3. The molecule has 2 aromatic heterocycles. The van der Waals surface area contributed by atoms with Crippen molar-refractivity contribution in [1.29, 1.82) is 0 Å². The fourth-order valence-corrected chi connectivity index (χ4v) is 2.96. The van der Waals surface area contributed by atoms with Gasteiger partial charge in [0.1, 0.15) is 5.15 Å². The molecule has 0 aliphatic carbocycles. The number of aromatic nitrogens is 3. The summed E-state index contributed by atoms with van der Waals surface area (Å²) >= 11 is 5.78. The van der Waals surface area contributed by atoms with Gasteiger partial charge in [-0.15, -0.1) is 0 Å². The Hall–Kier alpha value is -1.80. The second-order valence-corrected chi connectivity index (χ2v) is 5.94. The average Bonchev–Trinajstić information content (AvgIpc) is 2.64. The van der Waals surface area contributed by atoms with Crippen molar-refractivity contribution in [2.75, 3.05) is 10.5 Å². The highest BCUT2D eigenvalue weighted by atomic mass is 35.5. The molecule has 2 aromatic rings. The Morgan fingerprint density at radius 3 is 2.63 bits per heavy atom. The monoisotopic (exact) mass is 301 g/mol. The average molecular weight is 302 g/mol. The molecule has 2 rings (SSSR count). The summed E-state index contributed by atoms with van der Waals surface area (Å²) in [7, 11) is -2.27. The number of rotatable bonds is 3. The highest BCUT2D eigenvalue weighted by Gasteiger charge is 2.22. The summed E-state index contributed by atoms with van der Waals surface area (Å²) in [6.07, 6.45) is 2.66. The number of sulfonamides is 1. The lowest BCUT2D eigenvalue weighted by Gasteiger charge is -2.09. The van der Waals surface area contributed by atoms with Crippen molar-refractivity contribution in [3.63, 3.8) is 0 Å². The lowest BCUT2D eigenvalue weighted by molar-refractivity contribution is 0.592. The number of hydrogen-bond donors (Lipinski definition) is 2. The molecule has 0 spiro atoms. The van der Waals surface area contributed by atoms with Crippen LogP contribution in [0.5, 0.6) is 0 Å². The van der Waals surface area contributed by atoms with E-state index < -0.39 is 10.0 Å². The van der Waals surface area contributed by atoms with Crippen LogP contribution in [0, 0.1) is 6.92 Å². The number of nitrogen functional groups attached to an aromatic ring is 1. The van der Waals surface area contributed by atoms with Crippen LogP contribution in [0.3, 0.4) is 0 Å². The van der Waals surface area contributed by atoms with Gasteiger partial charge >= 0.3 is 0 Å². The van der Waals surface area contributed by atoms with Crippen molar-refractivity contribution in [3.05, 3.63) is 29.3 Å². The van der Waals surface area contributed by atoms with Gasteiger partial charge in [-0.25, -0.2) is 9.97 Å². The van der Waals surface area contributed by atoms with E-state index in [1.54, 1.807) is 20.0 Å². The van der Waals surface area contributed by atoms with Crippen LogP contribution in [-0.4, -0.2) is 23.0 Å². The molecular formula is C10H12ClN5O2S. The smallest absolute Gasteiger partial charge is 0.281 e. The molecule has 0 unspecified atom stereocenters. The Labute approximate surface area is 115 Å². The van der Waals surface area contributed by atoms with Gasteiger partial charge in [-0.1, -0.05) is 11.6 Å². The summed E-state index contributed by atoms with van der Waals surface area (Å²) < 4.78 is 28.1. The molecule has 7 nitrogen and oxygen atoms in total. The number of imidazole rings is 1. The van der Waals surface area contributed by atoms with Gasteiger partial charge < -0.3 is 10.3 Å². The zero-order valence-corrected chi connectivity index (χ0v) is 11.8. The summed E-state index contributed by atoms with van der Waals surface area (Å²) in [5.41, 5.74) is 6.52. The molecule has 0 amide bonds. The molecule has 19 heavy (non-hydrogen) atoms. The van der Waals surface area contributed by atoms with Gasteiger partial charge in [0.15, 0.2) is 10.8 Å². The molecular weight excluding hydrogens is 290 g/mol. The Morgan fingerprint density at radius 2 is 2.11 bits per heavy atom. The van der Waals surface area contributed by atoms with Crippen LogP contribution in [0.4, 0.5) is 11.5 Å². The number of hydrogen-bond acceptors (Lipinski definition) is 5. The molecule has 2 heterocycles. The van der Waals surface area contributed by atoms with E-state index in [9.17, 15) is 8.42 Å². The minimum atomic E-state index is -3.82. The molecule has 102 valence electrons. The molecule has 0 radical (unpaired) electrons. The van der Waals surface area contributed by atoms with Gasteiger partial charge in [0.05, 0.1) is 18.2 Å². The first-order chi connectivity index (χ1) is 8.81. The summed E-state index contributed by atoms with van der Waals surface area (Å²) in [6.45, 7) is 1.73. The molecule has 0 aromatic carbocycles. The topological polar surface area (TPSA) is 103 Å². The summed E-state index contributed by atoms with van der Waals surface area (Å²) in [5.74, 6) is -0.0614. The molecule has 0 bridgehead atoms. The predicted octanol–water partition coefficient (Wildman–Crippen LogP) is 1.16. The number of pyridine rings is 1. The van der Waals surface area contributed by atoms with E-state index in [4.69, 9.17) is 17.3 Å². The minimum Gasteiger partial charge on any atom is -0.381 e. The van der Waals surface area contributed by atoms with E-state index in [1.165, 1.54) is 17.1 Å². The highest BCUT2D eigenvalue weighted by molar-refractivity contribution is 7.92. The van der Waals surface area contributed by atoms with Crippen molar-refractivity contribution in [2.24, 2.45) is 7.05 Å². The van der Waals surface area contributed by atoms with E-state index in [2.05, 4.69) is 14.7 Å². The number of halogens is 1. The molecule has 0 atom stereocenters. The Balaban J connectivity index is 2.39. The number of nitrogens with one attached hydrogen (secondary N) is 1. The van der Waals surface area contributed by atoms with Crippen LogP contribution in [0.2, 0.25) is 5.15 Å². The fraction of sp³-hybridized carbons (Fsp3) is 0.200. The number of aryl methyl sites for hydroxylation is 2. The first kappa shape index (κ1) is 13.6. The van der Waals surface area contributed by atoms with Crippen molar-refractivity contribution in [1.82, 2.24) is 14.5 Å². The third-order valence-electron chi connectivity index (χ3n) is 2.43. The van der Waals surface area contributed by atoms with E-state index in [0.717, 1.165) is 0 Å². The molecule has 0 fully saturated rings. The maximum Gasteiger partial charge on any atom is 0.281 e. The van der Waals surface area contributed by atoms with Gasteiger partial charge in [0, 0.05) is 7.05 Å². The SMILES string of the molecule is Cc1cc(NS(=O)(=O)c2c(N)ncn2C)cnc1Cl. The maximum absolute atomic E-state index is 12.2. The highest BCUT2D eigenvalue weighted by Crippen LogP contribution is 2.21. The minimum absolute atomic E-state index is 0.0614. The van der Waals surface area contributed by atoms with Crippen molar-refractivity contribution in [2.45, 2.75) is 11.9 Å². The molecule has 0 aliphatic rings. The Morgan fingerprint density at radius 1 is 1.42 bits per heavy atom. The first-order valence-corrected chi connectivity index (χ1v) is 7.09. The lowest BCUT2D eigenvalue weighted by atomic mass is 10.3. The second kappa shape index (κ2) is 4.71. The molecule has 0 aliphatic heterocycles. The molecule has 9 heteroatoms. The van der Waals surface area contributed by atoms with Gasteiger partial charge in [-0.2, -0.15) is 8.42 Å². The Bertz CT molecular complexity index is 706. The third-order valence-corrected chi connectivity index (χ3v) is 4.34. The Kier molecular flexibility index (Phi) is 3.38. The standard InChI is InChI=1S/C10H12ClN5O2S/c1-6-3-7(4-13-8(6)11)15-19(17,18)10-9(12)14-5-16(10)2/h3-5,15H,12H2,1-2H3. The third kappa shape index (κ3) is 2.64. The van der Waals surface area contributed by atoms with Crippen LogP contribution in [-0.2, 0) is 17.1 Å².